The molecule has 0 fully saturated rings. The van der Waals surface area contributed by atoms with Crippen molar-refractivity contribution in [2.45, 2.75) is 20.3 Å². The second-order valence-corrected chi connectivity index (χ2v) is 5.38. The SMILES string of the molecule is CC(C)CN=C(N)N(C)CCc1cccs1. The summed E-state index contributed by atoms with van der Waals surface area (Å²) in [5, 5.41) is 2.10. The molecule has 0 atom stereocenters. The van der Waals surface area contributed by atoms with E-state index in [1.165, 1.54) is 4.88 Å². The van der Waals surface area contributed by atoms with E-state index in [2.05, 4.69) is 36.4 Å². The molecule has 4 heteroatoms. The highest BCUT2D eigenvalue weighted by Gasteiger charge is 2.03. The van der Waals surface area contributed by atoms with Crippen LogP contribution in [0.25, 0.3) is 0 Å². The minimum atomic E-state index is 0.559. The van der Waals surface area contributed by atoms with E-state index in [0.29, 0.717) is 11.9 Å². The molecule has 0 aliphatic carbocycles. The standard InChI is InChI=1S/C12H21N3S/c1-10(2)9-14-12(13)15(3)7-6-11-5-4-8-16-11/h4-5,8,10H,6-7,9H2,1-3H3,(H2,13,14). The lowest BCUT2D eigenvalue weighted by molar-refractivity contribution is 0.498. The molecule has 1 aromatic heterocycles. The van der Waals surface area contributed by atoms with E-state index < -0.39 is 0 Å². The zero-order valence-corrected chi connectivity index (χ0v) is 11.1. The first-order valence-corrected chi connectivity index (χ1v) is 6.51. The Kier molecular flexibility index (Phi) is 5.32. The molecular formula is C12H21N3S. The van der Waals surface area contributed by atoms with Gasteiger partial charge < -0.3 is 10.6 Å². The summed E-state index contributed by atoms with van der Waals surface area (Å²) in [4.78, 5) is 7.76. The van der Waals surface area contributed by atoms with Crippen LogP contribution in [0.1, 0.15) is 18.7 Å². The average molecular weight is 239 g/mol. The topological polar surface area (TPSA) is 41.6 Å². The summed E-state index contributed by atoms with van der Waals surface area (Å²) >= 11 is 1.79. The number of hydrogen-bond donors (Lipinski definition) is 1. The van der Waals surface area contributed by atoms with Crippen LogP contribution in [0.3, 0.4) is 0 Å². The first kappa shape index (κ1) is 13.0. The number of nitrogens with zero attached hydrogens (tertiary/aromatic N) is 2. The van der Waals surface area contributed by atoms with Gasteiger partial charge in [-0.2, -0.15) is 0 Å². The number of likely N-dealkylation sites (N-methyl/N-ethyl adjacent to an activating group) is 1. The van der Waals surface area contributed by atoms with E-state index in [-0.39, 0.29) is 0 Å². The number of nitrogens with two attached hydrogens (primary N) is 1. The third-order valence-corrected chi connectivity index (χ3v) is 3.22. The molecule has 2 N–H and O–H groups in total. The van der Waals surface area contributed by atoms with Gasteiger partial charge in [0.15, 0.2) is 5.96 Å². The van der Waals surface area contributed by atoms with Crippen LogP contribution in [0.15, 0.2) is 22.5 Å². The molecule has 90 valence electrons. The van der Waals surface area contributed by atoms with Gasteiger partial charge in [0.05, 0.1) is 0 Å². The van der Waals surface area contributed by atoms with E-state index in [1.807, 2.05) is 11.9 Å². The molecule has 0 unspecified atom stereocenters. The van der Waals surface area contributed by atoms with Crippen molar-refractivity contribution in [3.63, 3.8) is 0 Å². The Balaban J connectivity index is 2.34. The van der Waals surface area contributed by atoms with Gasteiger partial charge in [-0.05, 0) is 23.8 Å². The Morgan fingerprint density at radius 1 is 1.56 bits per heavy atom. The Labute approximate surface area is 102 Å². The quantitative estimate of drug-likeness (QED) is 0.632. The second kappa shape index (κ2) is 6.53. The summed E-state index contributed by atoms with van der Waals surface area (Å²) in [5.74, 6) is 1.20. The summed E-state index contributed by atoms with van der Waals surface area (Å²) < 4.78 is 0. The lowest BCUT2D eigenvalue weighted by Gasteiger charge is -2.17. The number of aliphatic imine (C=N–C) groups is 1. The summed E-state index contributed by atoms with van der Waals surface area (Å²) in [6, 6.07) is 4.23. The van der Waals surface area contributed by atoms with Crippen LogP contribution >= 0.6 is 11.3 Å². The van der Waals surface area contributed by atoms with Crippen LogP contribution in [0.2, 0.25) is 0 Å². The molecule has 1 aromatic rings. The summed E-state index contributed by atoms with van der Waals surface area (Å²) in [5.41, 5.74) is 5.88. The highest BCUT2D eigenvalue weighted by atomic mass is 32.1. The third kappa shape index (κ3) is 4.66. The molecule has 0 saturated heterocycles. The van der Waals surface area contributed by atoms with Crippen LogP contribution in [-0.4, -0.2) is 31.0 Å². The summed E-state index contributed by atoms with van der Waals surface area (Å²) in [6.45, 7) is 6.01. The van der Waals surface area contributed by atoms with Gasteiger partial charge in [-0.1, -0.05) is 19.9 Å². The van der Waals surface area contributed by atoms with Gasteiger partial charge in [-0.15, -0.1) is 11.3 Å². The summed E-state index contributed by atoms with van der Waals surface area (Å²) in [6.07, 6.45) is 1.03. The van der Waals surface area contributed by atoms with Gasteiger partial charge in [0.2, 0.25) is 0 Å². The van der Waals surface area contributed by atoms with Crippen LogP contribution in [-0.2, 0) is 6.42 Å². The van der Waals surface area contributed by atoms with Crippen molar-refractivity contribution in [3.05, 3.63) is 22.4 Å². The normalized spacial score (nSPS) is 12.1. The van der Waals surface area contributed by atoms with Gasteiger partial charge in [0.25, 0.3) is 0 Å². The van der Waals surface area contributed by atoms with E-state index in [0.717, 1.165) is 19.5 Å². The van der Waals surface area contributed by atoms with Crippen LogP contribution in [0.5, 0.6) is 0 Å². The van der Waals surface area contributed by atoms with Crippen molar-refractivity contribution in [1.29, 1.82) is 0 Å². The smallest absolute Gasteiger partial charge is 0.191 e. The molecule has 0 amide bonds. The Hall–Kier alpha value is -1.03. The largest absolute Gasteiger partial charge is 0.370 e. The number of rotatable bonds is 5. The molecule has 1 rings (SSSR count). The van der Waals surface area contributed by atoms with Crippen molar-refractivity contribution >= 4 is 17.3 Å². The monoisotopic (exact) mass is 239 g/mol. The maximum Gasteiger partial charge on any atom is 0.191 e. The first-order valence-electron chi connectivity index (χ1n) is 5.63. The predicted molar refractivity (Wildman–Crippen MR) is 72.0 cm³/mol. The van der Waals surface area contributed by atoms with Crippen molar-refractivity contribution in [1.82, 2.24) is 4.90 Å². The van der Waals surface area contributed by atoms with Crippen molar-refractivity contribution < 1.29 is 0 Å². The van der Waals surface area contributed by atoms with Crippen molar-refractivity contribution in [2.24, 2.45) is 16.6 Å². The molecule has 0 aliphatic rings. The predicted octanol–water partition coefficient (Wildman–Crippen LogP) is 2.19. The molecule has 16 heavy (non-hydrogen) atoms. The maximum absolute atomic E-state index is 5.88. The highest BCUT2D eigenvalue weighted by Crippen LogP contribution is 2.09. The number of thiophene rings is 1. The van der Waals surface area contributed by atoms with E-state index in [1.54, 1.807) is 11.3 Å². The van der Waals surface area contributed by atoms with Gasteiger partial charge in [0.1, 0.15) is 0 Å². The molecule has 3 nitrogen and oxygen atoms in total. The zero-order chi connectivity index (χ0) is 12.0. The van der Waals surface area contributed by atoms with Gasteiger partial charge >= 0.3 is 0 Å². The van der Waals surface area contributed by atoms with Crippen molar-refractivity contribution in [3.8, 4) is 0 Å². The molecule has 0 aromatic carbocycles. The molecule has 1 heterocycles. The second-order valence-electron chi connectivity index (χ2n) is 4.34. The summed E-state index contributed by atoms with van der Waals surface area (Å²) in [7, 11) is 1.99. The van der Waals surface area contributed by atoms with Gasteiger partial charge in [-0.25, -0.2) is 0 Å². The van der Waals surface area contributed by atoms with E-state index in [9.17, 15) is 0 Å². The zero-order valence-electron chi connectivity index (χ0n) is 10.3. The third-order valence-electron chi connectivity index (χ3n) is 2.28. The first-order chi connectivity index (χ1) is 7.59. The van der Waals surface area contributed by atoms with Crippen LogP contribution in [0, 0.1) is 5.92 Å². The molecule has 0 bridgehead atoms. The number of hydrogen-bond acceptors (Lipinski definition) is 2. The van der Waals surface area contributed by atoms with E-state index >= 15 is 0 Å². The van der Waals surface area contributed by atoms with Crippen molar-refractivity contribution in [2.75, 3.05) is 20.1 Å². The minimum Gasteiger partial charge on any atom is -0.370 e. The molecule has 0 radical (unpaired) electrons. The lowest BCUT2D eigenvalue weighted by atomic mass is 10.2. The Morgan fingerprint density at radius 2 is 2.31 bits per heavy atom. The fraction of sp³-hybridized carbons (Fsp3) is 0.583. The maximum atomic E-state index is 5.88. The van der Waals surface area contributed by atoms with Gasteiger partial charge in [0, 0.05) is 25.0 Å². The lowest BCUT2D eigenvalue weighted by Crippen LogP contribution is -2.35. The van der Waals surface area contributed by atoms with Crippen LogP contribution < -0.4 is 5.73 Å². The number of guanidine groups is 1. The molecular weight excluding hydrogens is 218 g/mol. The average Bonchev–Trinajstić information content (AvgIpc) is 2.75. The Morgan fingerprint density at radius 3 is 2.88 bits per heavy atom. The molecule has 0 saturated carbocycles. The minimum absolute atomic E-state index is 0.559. The van der Waals surface area contributed by atoms with Gasteiger partial charge in [-0.3, -0.25) is 4.99 Å². The van der Waals surface area contributed by atoms with Crippen LogP contribution in [0.4, 0.5) is 0 Å². The fourth-order valence-corrected chi connectivity index (χ4v) is 1.94. The molecule has 0 aliphatic heterocycles. The fourth-order valence-electron chi connectivity index (χ4n) is 1.24. The van der Waals surface area contributed by atoms with E-state index in [4.69, 9.17) is 5.73 Å². The Bertz CT molecular complexity index is 317. The molecule has 0 spiro atoms. The highest BCUT2D eigenvalue weighted by molar-refractivity contribution is 7.09.